The second-order valence-corrected chi connectivity index (χ2v) is 9.66. The normalized spacial score (nSPS) is 15.0. The molecule has 0 unspecified atom stereocenters. The lowest BCUT2D eigenvalue weighted by atomic mass is 10.2. The Hall–Kier alpha value is -2.07. The molecule has 0 aliphatic carbocycles. The summed E-state index contributed by atoms with van der Waals surface area (Å²) in [6, 6.07) is 8.47. The lowest BCUT2D eigenvalue weighted by Crippen LogP contribution is -2.50. The first-order valence-corrected chi connectivity index (χ1v) is 11.7. The zero-order valence-electron chi connectivity index (χ0n) is 16.8. The molecule has 3 rings (SSSR count). The van der Waals surface area contributed by atoms with Crippen LogP contribution in [0.3, 0.4) is 0 Å². The summed E-state index contributed by atoms with van der Waals surface area (Å²) in [6.45, 7) is 1.22. The van der Waals surface area contributed by atoms with Crippen molar-refractivity contribution in [2.75, 3.05) is 45.2 Å². The SMILES string of the molecule is COc1ccc(Cl)cc1NCCC(=O)N1CCN(S(=O)(=O)c2ccc(F)c(Cl)c2)CC1. The molecule has 1 saturated heterocycles. The average Bonchev–Trinajstić information content (AvgIpc) is 2.75. The van der Waals surface area contributed by atoms with Gasteiger partial charge in [-0.05, 0) is 36.4 Å². The van der Waals surface area contributed by atoms with E-state index < -0.39 is 15.8 Å². The van der Waals surface area contributed by atoms with Gasteiger partial charge in [0.15, 0.2) is 0 Å². The fourth-order valence-electron chi connectivity index (χ4n) is 3.24. The number of anilines is 1. The van der Waals surface area contributed by atoms with Gasteiger partial charge in [-0.25, -0.2) is 12.8 Å². The zero-order chi connectivity index (χ0) is 22.6. The molecule has 1 amide bonds. The Morgan fingerprint density at radius 1 is 1.13 bits per heavy atom. The lowest BCUT2D eigenvalue weighted by Gasteiger charge is -2.34. The molecule has 1 aliphatic rings. The van der Waals surface area contributed by atoms with E-state index in [9.17, 15) is 17.6 Å². The number of benzene rings is 2. The monoisotopic (exact) mass is 489 g/mol. The molecule has 2 aromatic carbocycles. The Bertz CT molecular complexity index is 1060. The summed E-state index contributed by atoms with van der Waals surface area (Å²) >= 11 is 11.7. The molecule has 168 valence electrons. The Morgan fingerprint density at radius 3 is 2.48 bits per heavy atom. The summed E-state index contributed by atoms with van der Waals surface area (Å²) in [5.74, 6) is -0.146. The van der Waals surface area contributed by atoms with E-state index in [0.717, 1.165) is 12.1 Å². The van der Waals surface area contributed by atoms with E-state index in [4.69, 9.17) is 27.9 Å². The van der Waals surface area contributed by atoms with Crippen LogP contribution in [0, 0.1) is 5.82 Å². The van der Waals surface area contributed by atoms with E-state index in [-0.39, 0.29) is 48.4 Å². The van der Waals surface area contributed by atoms with Gasteiger partial charge in [-0.3, -0.25) is 4.79 Å². The van der Waals surface area contributed by atoms with E-state index in [1.165, 1.54) is 10.4 Å². The maximum Gasteiger partial charge on any atom is 0.243 e. The Balaban J connectivity index is 1.53. The van der Waals surface area contributed by atoms with Crippen molar-refractivity contribution in [1.82, 2.24) is 9.21 Å². The van der Waals surface area contributed by atoms with Gasteiger partial charge in [0.2, 0.25) is 15.9 Å². The second kappa shape index (κ2) is 10.0. The number of hydrogen-bond donors (Lipinski definition) is 1. The third kappa shape index (κ3) is 5.60. The summed E-state index contributed by atoms with van der Waals surface area (Å²) in [7, 11) is -2.26. The number of ether oxygens (including phenoxy) is 1. The highest BCUT2D eigenvalue weighted by atomic mass is 35.5. The quantitative estimate of drug-likeness (QED) is 0.643. The molecular weight excluding hydrogens is 468 g/mol. The largest absolute Gasteiger partial charge is 0.495 e. The number of methoxy groups -OCH3 is 1. The number of sulfonamides is 1. The molecule has 0 aromatic heterocycles. The number of nitrogens with one attached hydrogen (secondary N) is 1. The number of halogens is 3. The summed E-state index contributed by atoms with van der Waals surface area (Å²) < 4.78 is 45.4. The van der Waals surface area contributed by atoms with Crippen LogP contribution in [-0.2, 0) is 14.8 Å². The maximum atomic E-state index is 13.3. The third-order valence-electron chi connectivity index (χ3n) is 4.94. The number of amides is 1. The van der Waals surface area contributed by atoms with Crippen molar-refractivity contribution in [3.05, 3.63) is 52.3 Å². The maximum absolute atomic E-state index is 13.3. The Morgan fingerprint density at radius 2 is 1.84 bits per heavy atom. The fourth-order valence-corrected chi connectivity index (χ4v) is 5.11. The molecule has 0 saturated carbocycles. The van der Waals surface area contributed by atoms with Crippen LogP contribution in [0.5, 0.6) is 5.75 Å². The molecule has 31 heavy (non-hydrogen) atoms. The molecule has 0 spiro atoms. The van der Waals surface area contributed by atoms with Gasteiger partial charge in [0.1, 0.15) is 11.6 Å². The average molecular weight is 490 g/mol. The molecule has 11 heteroatoms. The number of carbonyl (C=O) groups excluding carboxylic acids is 1. The van der Waals surface area contributed by atoms with Crippen molar-refractivity contribution in [1.29, 1.82) is 0 Å². The summed E-state index contributed by atoms with van der Waals surface area (Å²) in [5, 5.41) is 3.43. The fraction of sp³-hybridized carbons (Fsp3) is 0.350. The minimum absolute atomic E-state index is 0.0710. The molecule has 0 radical (unpaired) electrons. The third-order valence-corrected chi connectivity index (χ3v) is 7.36. The van der Waals surface area contributed by atoms with Gasteiger partial charge in [0.05, 0.1) is 22.7 Å². The minimum atomic E-state index is -3.81. The highest BCUT2D eigenvalue weighted by Crippen LogP contribution is 2.27. The Labute approximate surface area is 190 Å². The van der Waals surface area contributed by atoms with Crippen LogP contribution in [0.2, 0.25) is 10.0 Å². The topological polar surface area (TPSA) is 79.0 Å². The summed E-state index contributed by atoms with van der Waals surface area (Å²) in [5.41, 5.74) is 0.691. The van der Waals surface area contributed by atoms with E-state index in [0.29, 0.717) is 23.0 Å². The van der Waals surface area contributed by atoms with Gasteiger partial charge in [-0.15, -0.1) is 0 Å². The molecule has 1 N–H and O–H groups in total. The van der Waals surface area contributed by atoms with Crippen molar-refractivity contribution < 1.29 is 22.3 Å². The second-order valence-electron chi connectivity index (χ2n) is 6.88. The predicted molar refractivity (Wildman–Crippen MR) is 118 cm³/mol. The highest BCUT2D eigenvalue weighted by molar-refractivity contribution is 7.89. The first-order chi connectivity index (χ1) is 14.7. The number of nitrogens with zero attached hydrogens (tertiary/aromatic N) is 2. The van der Waals surface area contributed by atoms with Crippen LogP contribution < -0.4 is 10.1 Å². The first kappa shape index (κ1) is 23.6. The van der Waals surface area contributed by atoms with Crippen LogP contribution in [-0.4, -0.2) is 63.4 Å². The Kier molecular flexibility index (Phi) is 7.64. The van der Waals surface area contributed by atoms with Crippen LogP contribution in [0.4, 0.5) is 10.1 Å². The summed E-state index contributed by atoms with van der Waals surface area (Å²) in [4.78, 5) is 14.1. The van der Waals surface area contributed by atoms with Crippen molar-refractivity contribution in [2.45, 2.75) is 11.3 Å². The van der Waals surface area contributed by atoms with Gasteiger partial charge >= 0.3 is 0 Å². The van der Waals surface area contributed by atoms with Crippen LogP contribution >= 0.6 is 23.2 Å². The number of piperazine rings is 1. The van der Waals surface area contributed by atoms with Crippen LogP contribution in [0.1, 0.15) is 6.42 Å². The van der Waals surface area contributed by atoms with E-state index in [1.54, 1.807) is 30.2 Å². The van der Waals surface area contributed by atoms with Crippen molar-refractivity contribution >= 4 is 44.8 Å². The van der Waals surface area contributed by atoms with Crippen LogP contribution in [0.15, 0.2) is 41.3 Å². The predicted octanol–water partition coefficient (Wildman–Crippen LogP) is 3.48. The number of hydrogen-bond acceptors (Lipinski definition) is 5. The van der Waals surface area contributed by atoms with Crippen molar-refractivity contribution in [3.8, 4) is 5.75 Å². The molecular formula is C20H22Cl2FN3O4S. The molecule has 0 atom stereocenters. The summed E-state index contributed by atoms with van der Waals surface area (Å²) in [6.07, 6.45) is 0.232. The number of rotatable bonds is 7. The van der Waals surface area contributed by atoms with E-state index in [2.05, 4.69) is 5.32 Å². The smallest absolute Gasteiger partial charge is 0.243 e. The van der Waals surface area contributed by atoms with Gasteiger partial charge in [0.25, 0.3) is 0 Å². The molecule has 1 fully saturated rings. The minimum Gasteiger partial charge on any atom is -0.495 e. The molecule has 1 heterocycles. The van der Waals surface area contributed by atoms with Crippen molar-refractivity contribution in [3.63, 3.8) is 0 Å². The lowest BCUT2D eigenvalue weighted by molar-refractivity contribution is -0.132. The molecule has 1 aliphatic heterocycles. The van der Waals surface area contributed by atoms with Crippen molar-refractivity contribution in [2.24, 2.45) is 0 Å². The standard InChI is InChI=1S/C20H22Cl2FN3O4S/c1-30-19-5-2-14(21)12-18(19)24-7-6-20(27)25-8-10-26(11-9-25)31(28,29)15-3-4-17(23)16(22)13-15/h2-5,12-13,24H,6-11H2,1H3. The molecule has 7 nitrogen and oxygen atoms in total. The molecule has 0 bridgehead atoms. The van der Waals surface area contributed by atoms with E-state index >= 15 is 0 Å². The first-order valence-electron chi connectivity index (χ1n) is 9.53. The van der Waals surface area contributed by atoms with Crippen LogP contribution in [0.25, 0.3) is 0 Å². The highest BCUT2D eigenvalue weighted by Gasteiger charge is 2.30. The van der Waals surface area contributed by atoms with Gasteiger partial charge in [0, 0.05) is 44.2 Å². The molecule has 2 aromatic rings. The number of carbonyl (C=O) groups is 1. The van der Waals surface area contributed by atoms with Gasteiger partial charge < -0.3 is 15.0 Å². The van der Waals surface area contributed by atoms with Gasteiger partial charge in [-0.1, -0.05) is 23.2 Å². The van der Waals surface area contributed by atoms with E-state index in [1.807, 2.05) is 0 Å². The van der Waals surface area contributed by atoms with Gasteiger partial charge in [-0.2, -0.15) is 4.31 Å². The zero-order valence-corrected chi connectivity index (χ0v) is 19.1.